The monoisotopic (exact) mass is 503 g/mol. The molecular weight excluding hydrogens is 465 g/mol. The fourth-order valence-electron chi connectivity index (χ4n) is 4.30. The van der Waals surface area contributed by atoms with E-state index in [9.17, 15) is 4.57 Å². The van der Waals surface area contributed by atoms with Gasteiger partial charge in [0.2, 0.25) is 0 Å². The van der Waals surface area contributed by atoms with Crippen LogP contribution in [-0.2, 0) is 19.8 Å². The van der Waals surface area contributed by atoms with Crippen molar-refractivity contribution in [3.05, 3.63) is 59.2 Å². The molecule has 2 aromatic carbocycles. The highest BCUT2D eigenvalue weighted by Crippen LogP contribution is 2.53. The quantitative estimate of drug-likeness (QED) is 0.277. The van der Waals surface area contributed by atoms with Gasteiger partial charge in [-0.15, -0.1) is 11.8 Å². The van der Waals surface area contributed by atoms with Gasteiger partial charge < -0.3 is 13.8 Å². The van der Waals surface area contributed by atoms with Crippen LogP contribution in [0.3, 0.4) is 0 Å². The minimum atomic E-state index is -3.27. The number of unbranched alkanes of at least 4 members (excludes halogenated alkanes) is 1. The topological polar surface area (TPSA) is 57.1 Å². The molecule has 2 aromatic rings. The lowest BCUT2D eigenvalue weighted by molar-refractivity contribution is 0.219. The minimum Gasteiger partial charge on any atom is -0.496 e. The number of fused-ring (bicyclic) bond motifs is 1. The molecule has 1 heterocycles. The molecule has 1 aliphatic rings. The third-order valence-corrected chi connectivity index (χ3v) is 9.56. The van der Waals surface area contributed by atoms with E-state index in [1.54, 1.807) is 7.11 Å². The predicted octanol–water partition coefficient (Wildman–Crippen LogP) is 7.74. The summed E-state index contributed by atoms with van der Waals surface area (Å²) in [6.45, 7) is 8.81. The molecule has 1 aliphatic heterocycles. The van der Waals surface area contributed by atoms with Crippen LogP contribution in [0.2, 0.25) is 0 Å². The SMILES string of the molecule is CCCC[C@]1(CC)CSc2cc(CP(=O)(OCC)OCC)c(OC)cc2C(c2ccccc2)=N1. The smallest absolute Gasteiger partial charge is 0.335 e. The molecule has 0 fully saturated rings. The standard InChI is InChI=1S/C27H38NO4PS/c1-6-10-16-27(7-2)20-34-25-17-22(19-33(29,31-8-3)32-9-4)24(30-5)18-23(25)26(28-27)21-14-12-11-13-15-21/h11-15,17-18H,6-10,16,19-20H2,1-5H3/t27-/m1/s1. The number of hydrogen-bond donors (Lipinski definition) is 0. The lowest BCUT2D eigenvalue weighted by atomic mass is 9.91. The van der Waals surface area contributed by atoms with Gasteiger partial charge in [0.25, 0.3) is 0 Å². The molecule has 34 heavy (non-hydrogen) atoms. The summed E-state index contributed by atoms with van der Waals surface area (Å²) < 4.78 is 30.2. The summed E-state index contributed by atoms with van der Waals surface area (Å²) in [4.78, 5) is 6.58. The Kier molecular flexibility index (Phi) is 9.84. The second kappa shape index (κ2) is 12.4. The van der Waals surface area contributed by atoms with Crippen LogP contribution in [0.25, 0.3) is 0 Å². The number of methoxy groups -OCH3 is 1. The number of aliphatic imine (C=N–C) groups is 1. The van der Waals surface area contributed by atoms with Crippen molar-refractivity contribution in [3.8, 4) is 5.75 Å². The molecule has 1 atom stereocenters. The maximum absolute atomic E-state index is 13.3. The average molecular weight is 504 g/mol. The molecule has 0 radical (unpaired) electrons. The van der Waals surface area contributed by atoms with E-state index in [1.807, 2.05) is 31.7 Å². The second-order valence-corrected chi connectivity index (χ2v) is 11.6. The first-order valence-electron chi connectivity index (χ1n) is 12.3. The van der Waals surface area contributed by atoms with Crippen LogP contribution in [0.1, 0.15) is 70.1 Å². The van der Waals surface area contributed by atoms with Gasteiger partial charge in [0.05, 0.1) is 37.7 Å². The second-order valence-electron chi connectivity index (χ2n) is 8.56. The van der Waals surface area contributed by atoms with Crippen molar-refractivity contribution in [2.24, 2.45) is 4.99 Å². The third kappa shape index (κ3) is 6.34. The summed E-state index contributed by atoms with van der Waals surface area (Å²) in [7, 11) is -1.62. The molecule has 0 saturated heterocycles. The van der Waals surface area contributed by atoms with Crippen LogP contribution < -0.4 is 4.74 Å². The molecule has 0 amide bonds. The molecule has 7 heteroatoms. The molecule has 3 rings (SSSR count). The van der Waals surface area contributed by atoms with Crippen LogP contribution in [0.5, 0.6) is 5.75 Å². The third-order valence-electron chi connectivity index (χ3n) is 6.20. The maximum Gasteiger partial charge on any atom is 0.335 e. The first-order chi connectivity index (χ1) is 16.4. The zero-order valence-corrected chi connectivity index (χ0v) is 22.8. The highest BCUT2D eigenvalue weighted by atomic mass is 32.2. The van der Waals surface area contributed by atoms with Gasteiger partial charge >= 0.3 is 7.60 Å². The molecule has 0 N–H and O–H groups in total. The van der Waals surface area contributed by atoms with E-state index in [0.29, 0.717) is 19.0 Å². The van der Waals surface area contributed by atoms with E-state index in [0.717, 1.165) is 58.7 Å². The Balaban J connectivity index is 2.14. The van der Waals surface area contributed by atoms with Crippen molar-refractivity contribution in [3.63, 3.8) is 0 Å². The number of rotatable bonds is 12. The molecule has 0 bridgehead atoms. The Labute approximate surface area is 209 Å². The largest absolute Gasteiger partial charge is 0.496 e. The van der Waals surface area contributed by atoms with Gasteiger partial charge in [0.1, 0.15) is 5.75 Å². The van der Waals surface area contributed by atoms with Crippen LogP contribution >= 0.6 is 19.4 Å². The molecule has 0 aliphatic carbocycles. The number of benzene rings is 2. The Morgan fingerprint density at radius 2 is 1.76 bits per heavy atom. The maximum atomic E-state index is 13.3. The Morgan fingerprint density at radius 3 is 2.35 bits per heavy atom. The molecule has 0 saturated carbocycles. The Morgan fingerprint density at radius 1 is 1.06 bits per heavy atom. The van der Waals surface area contributed by atoms with Gasteiger partial charge in [0.15, 0.2) is 0 Å². The van der Waals surface area contributed by atoms with Crippen molar-refractivity contribution in [1.29, 1.82) is 0 Å². The van der Waals surface area contributed by atoms with Gasteiger partial charge in [-0.3, -0.25) is 9.56 Å². The summed E-state index contributed by atoms with van der Waals surface area (Å²) in [5, 5.41) is 0. The normalized spacial score (nSPS) is 18.2. The first kappa shape index (κ1) is 27.0. The Bertz CT molecular complexity index is 1020. The zero-order valence-electron chi connectivity index (χ0n) is 21.1. The number of ether oxygens (including phenoxy) is 1. The van der Waals surface area contributed by atoms with Crippen molar-refractivity contribution in [2.45, 2.75) is 70.0 Å². The number of nitrogens with zero attached hydrogens (tertiary/aromatic N) is 1. The summed E-state index contributed by atoms with van der Waals surface area (Å²) in [6, 6.07) is 14.5. The van der Waals surface area contributed by atoms with E-state index in [1.165, 1.54) is 0 Å². The van der Waals surface area contributed by atoms with E-state index in [-0.39, 0.29) is 11.7 Å². The predicted molar refractivity (Wildman–Crippen MR) is 143 cm³/mol. The van der Waals surface area contributed by atoms with Gasteiger partial charge in [0, 0.05) is 27.3 Å². The summed E-state index contributed by atoms with van der Waals surface area (Å²) >= 11 is 1.83. The fourth-order valence-corrected chi connectivity index (χ4v) is 7.38. The highest BCUT2D eigenvalue weighted by molar-refractivity contribution is 7.99. The summed E-state index contributed by atoms with van der Waals surface area (Å²) in [6.07, 6.45) is 4.52. The molecule has 0 unspecified atom stereocenters. The van der Waals surface area contributed by atoms with Crippen LogP contribution in [0.4, 0.5) is 0 Å². The summed E-state index contributed by atoms with van der Waals surface area (Å²) in [5.74, 6) is 1.59. The van der Waals surface area contributed by atoms with E-state index in [4.69, 9.17) is 18.8 Å². The fraction of sp³-hybridized carbons (Fsp3) is 0.519. The van der Waals surface area contributed by atoms with Gasteiger partial charge in [-0.05, 0) is 38.8 Å². The van der Waals surface area contributed by atoms with Gasteiger partial charge in [-0.25, -0.2) is 0 Å². The van der Waals surface area contributed by atoms with Crippen molar-refractivity contribution < 1.29 is 18.3 Å². The molecule has 0 spiro atoms. The average Bonchev–Trinajstić information content (AvgIpc) is 3.00. The molecule has 0 aromatic heterocycles. The molecule has 186 valence electrons. The van der Waals surface area contributed by atoms with Crippen LogP contribution in [-0.4, -0.2) is 37.3 Å². The highest BCUT2D eigenvalue weighted by Gasteiger charge is 2.33. The number of hydrogen-bond acceptors (Lipinski definition) is 6. The molecule has 5 nitrogen and oxygen atoms in total. The van der Waals surface area contributed by atoms with Crippen LogP contribution in [0, 0.1) is 0 Å². The van der Waals surface area contributed by atoms with Crippen molar-refractivity contribution in [2.75, 3.05) is 26.1 Å². The zero-order chi connectivity index (χ0) is 24.6. The lowest BCUT2D eigenvalue weighted by Gasteiger charge is -2.28. The molecular formula is C27H38NO4PS. The minimum absolute atomic E-state index is 0.121. The lowest BCUT2D eigenvalue weighted by Crippen LogP contribution is -2.29. The van der Waals surface area contributed by atoms with Gasteiger partial charge in [-0.1, -0.05) is 57.0 Å². The first-order valence-corrected chi connectivity index (χ1v) is 15.0. The number of thioether (sulfide) groups is 1. The van der Waals surface area contributed by atoms with Gasteiger partial charge in [-0.2, -0.15) is 0 Å². The van der Waals surface area contributed by atoms with Crippen LogP contribution in [0.15, 0.2) is 52.4 Å². The van der Waals surface area contributed by atoms with Crippen molar-refractivity contribution in [1.82, 2.24) is 0 Å². The summed E-state index contributed by atoms with van der Waals surface area (Å²) in [5.41, 5.74) is 3.88. The van der Waals surface area contributed by atoms with E-state index >= 15 is 0 Å². The van der Waals surface area contributed by atoms with Crippen molar-refractivity contribution >= 4 is 25.1 Å². The van der Waals surface area contributed by atoms with E-state index < -0.39 is 7.60 Å². The Hall–Kier alpha value is -1.59. The van der Waals surface area contributed by atoms with E-state index in [2.05, 4.69) is 50.2 Å².